The van der Waals surface area contributed by atoms with Crippen LogP contribution in [0.25, 0.3) is 5.57 Å². The molecule has 0 aromatic heterocycles. The average Bonchev–Trinajstić information content (AvgIpc) is 2.68. The maximum Gasteiger partial charge on any atom is 0.205 e. The fraction of sp³-hybridized carbons (Fsp3) is 0.0909. The zero-order valence-corrected chi connectivity index (χ0v) is 13.8. The van der Waals surface area contributed by atoms with Crippen LogP contribution in [0.1, 0.15) is 16.7 Å². The van der Waals surface area contributed by atoms with Crippen molar-refractivity contribution >= 4 is 17.7 Å². The quantitative estimate of drug-likeness (QED) is 0.660. The maximum absolute atomic E-state index is 5.29. The summed E-state index contributed by atoms with van der Waals surface area (Å²) in [6.07, 6.45) is 1.04. The highest BCUT2D eigenvalue weighted by Gasteiger charge is 2.24. The first kappa shape index (κ1) is 14.8. The first-order chi connectivity index (χ1) is 11.8. The van der Waals surface area contributed by atoms with Gasteiger partial charge in [0.05, 0.1) is 7.11 Å². The van der Waals surface area contributed by atoms with Crippen molar-refractivity contribution in [1.29, 1.82) is 0 Å². The summed E-state index contributed by atoms with van der Waals surface area (Å²) in [6.45, 7) is 0.390. The summed E-state index contributed by atoms with van der Waals surface area (Å²) < 4.78 is 5.29. The molecule has 1 aliphatic heterocycles. The van der Waals surface area contributed by atoms with Crippen LogP contribution in [0, 0.1) is 0 Å². The van der Waals surface area contributed by atoms with Crippen LogP contribution >= 0.6 is 0 Å². The Labute approximate surface area is 143 Å². The number of ether oxygens (including phenoxy) is 1. The molecule has 116 valence electrons. The van der Waals surface area contributed by atoms with Crippen molar-refractivity contribution in [3.63, 3.8) is 0 Å². The van der Waals surface area contributed by atoms with Gasteiger partial charge in [-0.15, -0.1) is 5.98 Å². The molecule has 0 spiro atoms. The molecule has 0 aliphatic carbocycles. The van der Waals surface area contributed by atoms with Gasteiger partial charge in [-0.25, -0.2) is 0 Å². The van der Waals surface area contributed by atoms with Gasteiger partial charge in [-0.2, -0.15) is 0 Å². The SMILES string of the molecule is COc1ccc(B2C=C(c3ccccc3)c3ccccc3C2)cc1. The molecule has 0 saturated heterocycles. The second kappa shape index (κ2) is 6.41. The molecule has 0 bridgehead atoms. The summed E-state index contributed by atoms with van der Waals surface area (Å²) in [5, 5.41) is 0. The monoisotopic (exact) mass is 310 g/mol. The zero-order valence-electron chi connectivity index (χ0n) is 13.8. The Morgan fingerprint density at radius 3 is 2.25 bits per heavy atom. The van der Waals surface area contributed by atoms with Crippen LogP contribution in [0.15, 0.2) is 84.8 Å². The smallest absolute Gasteiger partial charge is 0.205 e. The molecule has 0 unspecified atom stereocenters. The van der Waals surface area contributed by atoms with E-state index in [0.29, 0.717) is 6.71 Å². The van der Waals surface area contributed by atoms with E-state index in [9.17, 15) is 0 Å². The van der Waals surface area contributed by atoms with Crippen LogP contribution in [0.2, 0.25) is 0 Å². The van der Waals surface area contributed by atoms with Crippen LogP contribution in [-0.2, 0) is 6.32 Å². The first-order valence-electron chi connectivity index (χ1n) is 8.34. The molecule has 4 rings (SSSR count). The van der Waals surface area contributed by atoms with Gasteiger partial charge < -0.3 is 4.74 Å². The standard InChI is InChI=1S/C22H19BO/c1-24-20-13-11-19(12-14-20)23-15-18-9-5-6-10-21(18)22(16-23)17-7-3-2-4-8-17/h2-14,16H,15H2,1H3. The van der Waals surface area contributed by atoms with E-state index in [1.54, 1.807) is 7.11 Å². The molecule has 1 aliphatic rings. The lowest BCUT2D eigenvalue weighted by molar-refractivity contribution is 0.415. The van der Waals surface area contributed by atoms with Crippen molar-refractivity contribution in [3.8, 4) is 5.75 Å². The van der Waals surface area contributed by atoms with Crippen LogP contribution < -0.4 is 10.2 Å². The molecule has 2 heteroatoms. The lowest BCUT2D eigenvalue weighted by Crippen LogP contribution is -2.33. The predicted octanol–water partition coefficient (Wildman–Crippen LogP) is 4.16. The average molecular weight is 310 g/mol. The third kappa shape index (κ3) is 2.76. The van der Waals surface area contributed by atoms with Crippen LogP contribution in [0.4, 0.5) is 0 Å². The minimum atomic E-state index is 0.390. The highest BCUT2D eigenvalue weighted by Crippen LogP contribution is 2.31. The summed E-state index contributed by atoms with van der Waals surface area (Å²) in [5.41, 5.74) is 6.72. The van der Waals surface area contributed by atoms with Gasteiger partial charge in [0.15, 0.2) is 0 Å². The fourth-order valence-corrected chi connectivity index (χ4v) is 3.48. The number of hydrogen-bond acceptors (Lipinski definition) is 1. The molecular formula is C22H19BO. The molecule has 0 amide bonds. The Morgan fingerprint density at radius 2 is 1.50 bits per heavy atom. The Bertz CT molecular complexity index is 866. The molecule has 1 nitrogen and oxygen atoms in total. The van der Waals surface area contributed by atoms with Crippen LogP contribution in [0.5, 0.6) is 5.75 Å². The van der Waals surface area contributed by atoms with Gasteiger partial charge >= 0.3 is 0 Å². The minimum absolute atomic E-state index is 0.390. The van der Waals surface area contributed by atoms with Crippen molar-refractivity contribution in [1.82, 2.24) is 0 Å². The van der Waals surface area contributed by atoms with E-state index in [2.05, 4.69) is 72.7 Å². The summed E-state index contributed by atoms with van der Waals surface area (Å²) in [5.74, 6) is 3.32. The van der Waals surface area contributed by atoms with E-state index >= 15 is 0 Å². The van der Waals surface area contributed by atoms with Crippen molar-refractivity contribution in [2.24, 2.45) is 0 Å². The number of rotatable bonds is 3. The largest absolute Gasteiger partial charge is 0.497 e. The van der Waals surface area contributed by atoms with E-state index in [0.717, 1.165) is 12.1 Å². The molecular weight excluding hydrogens is 291 g/mol. The number of fused-ring (bicyclic) bond motifs is 1. The second-order valence-corrected chi connectivity index (χ2v) is 6.19. The second-order valence-electron chi connectivity index (χ2n) is 6.19. The van der Waals surface area contributed by atoms with Crippen molar-refractivity contribution < 1.29 is 4.74 Å². The highest BCUT2D eigenvalue weighted by molar-refractivity contribution is 6.78. The molecule has 0 N–H and O–H groups in total. The van der Waals surface area contributed by atoms with E-state index < -0.39 is 0 Å². The zero-order chi connectivity index (χ0) is 16.4. The molecule has 24 heavy (non-hydrogen) atoms. The van der Waals surface area contributed by atoms with Gasteiger partial charge in [-0.05, 0) is 40.7 Å². The van der Waals surface area contributed by atoms with E-state index in [-0.39, 0.29) is 0 Å². The Morgan fingerprint density at radius 1 is 0.792 bits per heavy atom. The minimum Gasteiger partial charge on any atom is -0.497 e. The first-order valence-corrected chi connectivity index (χ1v) is 8.34. The molecule has 0 radical (unpaired) electrons. The topological polar surface area (TPSA) is 9.23 Å². The van der Waals surface area contributed by atoms with Gasteiger partial charge in [0.1, 0.15) is 5.75 Å². The van der Waals surface area contributed by atoms with E-state index in [1.165, 1.54) is 27.7 Å². The van der Waals surface area contributed by atoms with Gasteiger partial charge in [0.2, 0.25) is 6.71 Å². The lowest BCUT2D eigenvalue weighted by Gasteiger charge is -2.23. The Hall–Kier alpha value is -2.74. The van der Waals surface area contributed by atoms with Crippen LogP contribution in [-0.4, -0.2) is 13.8 Å². The maximum atomic E-state index is 5.29. The third-order valence-corrected chi connectivity index (χ3v) is 4.74. The van der Waals surface area contributed by atoms with E-state index in [4.69, 9.17) is 4.74 Å². The van der Waals surface area contributed by atoms with E-state index in [1.807, 2.05) is 12.1 Å². The number of benzene rings is 3. The van der Waals surface area contributed by atoms with Gasteiger partial charge in [-0.3, -0.25) is 0 Å². The molecule has 3 aromatic carbocycles. The summed E-state index contributed by atoms with van der Waals surface area (Å²) in [7, 11) is 1.71. The molecule has 3 aromatic rings. The van der Waals surface area contributed by atoms with Gasteiger partial charge in [-0.1, -0.05) is 72.2 Å². The summed E-state index contributed by atoms with van der Waals surface area (Å²) in [4.78, 5) is 0. The number of hydrogen-bond donors (Lipinski definition) is 0. The Kier molecular flexibility index (Phi) is 3.96. The normalized spacial score (nSPS) is 13.2. The van der Waals surface area contributed by atoms with Crippen LogP contribution in [0.3, 0.4) is 0 Å². The molecule has 1 heterocycles. The Balaban J connectivity index is 1.80. The fourth-order valence-electron chi connectivity index (χ4n) is 3.48. The van der Waals surface area contributed by atoms with Gasteiger partial charge in [0, 0.05) is 0 Å². The van der Waals surface area contributed by atoms with Crippen molar-refractivity contribution in [2.75, 3.05) is 7.11 Å². The molecule has 0 fully saturated rings. The summed E-state index contributed by atoms with van der Waals surface area (Å²) in [6, 6.07) is 27.9. The summed E-state index contributed by atoms with van der Waals surface area (Å²) >= 11 is 0. The third-order valence-electron chi connectivity index (χ3n) is 4.74. The van der Waals surface area contributed by atoms with Gasteiger partial charge in [0.25, 0.3) is 0 Å². The lowest BCUT2D eigenvalue weighted by atomic mass is 9.39. The molecule has 0 atom stereocenters. The van der Waals surface area contributed by atoms with Crippen molar-refractivity contribution in [3.05, 3.63) is 102 Å². The number of methoxy groups -OCH3 is 1. The predicted molar refractivity (Wildman–Crippen MR) is 102 cm³/mol. The highest BCUT2D eigenvalue weighted by atomic mass is 16.5. The van der Waals surface area contributed by atoms with Crippen molar-refractivity contribution in [2.45, 2.75) is 6.32 Å². The molecule has 0 saturated carbocycles.